The summed E-state index contributed by atoms with van der Waals surface area (Å²) in [6.07, 6.45) is 1.61. The summed E-state index contributed by atoms with van der Waals surface area (Å²) < 4.78 is 18.4. The minimum Gasteiger partial charge on any atom is -0.439 e. The third-order valence-corrected chi connectivity index (χ3v) is 3.26. The first-order valence-corrected chi connectivity index (χ1v) is 7.39. The molecule has 1 aromatic carbocycles. The van der Waals surface area contributed by atoms with Crippen LogP contribution in [0.2, 0.25) is 0 Å². The SMILES string of the molecule is CNCC(C)C(=O)NCc1ccnc(Oc2ccc(F)cc2)c1. The molecule has 1 atom stereocenters. The van der Waals surface area contributed by atoms with Crippen molar-refractivity contribution >= 4 is 5.91 Å². The summed E-state index contributed by atoms with van der Waals surface area (Å²) in [5.74, 6) is 0.459. The maximum absolute atomic E-state index is 12.9. The molecule has 0 aliphatic carbocycles. The van der Waals surface area contributed by atoms with Crippen molar-refractivity contribution in [2.75, 3.05) is 13.6 Å². The Morgan fingerprint density at radius 3 is 2.74 bits per heavy atom. The smallest absolute Gasteiger partial charge is 0.224 e. The highest BCUT2D eigenvalue weighted by atomic mass is 19.1. The van der Waals surface area contributed by atoms with Crippen LogP contribution in [0.1, 0.15) is 12.5 Å². The van der Waals surface area contributed by atoms with Gasteiger partial charge in [-0.3, -0.25) is 4.79 Å². The van der Waals surface area contributed by atoms with Crippen LogP contribution in [0.5, 0.6) is 11.6 Å². The predicted octanol–water partition coefficient (Wildman–Crippen LogP) is 2.48. The van der Waals surface area contributed by atoms with Crippen molar-refractivity contribution in [3.8, 4) is 11.6 Å². The third-order valence-electron chi connectivity index (χ3n) is 3.26. The molecular weight excluding hydrogens is 297 g/mol. The molecule has 122 valence electrons. The molecule has 0 aliphatic rings. The molecule has 0 fully saturated rings. The second-order valence-electron chi connectivity index (χ2n) is 5.23. The van der Waals surface area contributed by atoms with Crippen LogP contribution < -0.4 is 15.4 Å². The summed E-state index contributed by atoms with van der Waals surface area (Å²) in [4.78, 5) is 16.0. The number of hydrogen-bond donors (Lipinski definition) is 2. The molecule has 0 saturated heterocycles. The van der Waals surface area contributed by atoms with Gasteiger partial charge in [-0.05, 0) is 42.9 Å². The molecule has 2 rings (SSSR count). The van der Waals surface area contributed by atoms with Crippen LogP contribution in [0.3, 0.4) is 0 Å². The van der Waals surface area contributed by atoms with Gasteiger partial charge in [0.25, 0.3) is 0 Å². The average molecular weight is 317 g/mol. The maximum Gasteiger partial charge on any atom is 0.224 e. The zero-order chi connectivity index (χ0) is 16.7. The van der Waals surface area contributed by atoms with Crippen molar-refractivity contribution in [1.29, 1.82) is 0 Å². The Hall–Kier alpha value is -2.47. The summed E-state index contributed by atoms with van der Waals surface area (Å²) in [5, 5.41) is 5.84. The predicted molar refractivity (Wildman–Crippen MR) is 85.6 cm³/mol. The molecule has 1 amide bonds. The zero-order valence-electron chi connectivity index (χ0n) is 13.2. The highest BCUT2D eigenvalue weighted by molar-refractivity contribution is 5.78. The number of nitrogens with zero attached hydrogens (tertiary/aromatic N) is 1. The molecule has 0 aliphatic heterocycles. The Balaban J connectivity index is 1.94. The number of rotatable bonds is 7. The fraction of sp³-hybridized carbons (Fsp3) is 0.294. The normalized spacial score (nSPS) is 11.8. The van der Waals surface area contributed by atoms with E-state index in [1.54, 1.807) is 18.3 Å². The molecule has 1 unspecified atom stereocenters. The highest BCUT2D eigenvalue weighted by Crippen LogP contribution is 2.20. The van der Waals surface area contributed by atoms with E-state index < -0.39 is 0 Å². The number of carbonyl (C=O) groups excluding carboxylic acids is 1. The summed E-state index contributed by atoms with van der Waals surface area (Å²) in [5.41, 5.74) is 0.877. The van der Waals surface area contributed by atoms with E-state index in [9.17, 15) is 9.18 Å². The molecule has 0 radical (unpaired) electrons. The van der Waals surface area contributed by atoms with Gasteiger partial charge in [0.2, 0.25) is 11.8 Å². The number of ether oxygens (including phenoxy) is 1. The van der Waals surface area contributed by atoms with Crippen molar-refractivity contribution < 1.29 is 13.9 Å². The molecular formula is C17H20FN3O2. The second-order valence-corrected chi connectivity index (χ2v) is 5.23. The minimum atomic E-state index is -0.322. The first-order valence-electron chi connectivity index (χ1n) is 7.39. The lowest BCUT2D eigenvalue weighted by atomic mass is 10.1. The van der Waals surface area contributed by atoms with Gasteiger partial charge in [0.05, 0.1) is 0 Å². The fourth-order valence-electron chi connectivity index (χ4n) is 2.00. The van der Waals surface area contributed by atoms with Crippen molar-refractivity contribution in [3.63, 3.8) is 0 Å². The zero-order valence-corrected chi connectivity index (χ0v) is 13.2. The molecule has 1 heterocycles. The van der Waals surface area contributed by atoms with Gasteiger partial charge in [-0.2, -0.15) is 0 Å². The Labute approximate surface area is 134 Å². The largest absolute Gasteiger partial charge is 0.439 e. The van der Waals surface area contributed by atoms with Gasteiger partial charge in [0.15, 0.2) is 0 Å². The molecule has 0 spiro atoms. The lowest BCUT2D eigenvalue weighted by molar-refractivity contribution is -0.124. The van der Waals surface area contributed by atoms with Crippen molar-refractivity contribution in [2.24, 2.45) is 5.92 Å². The third kappa shape index (κ3) is 5.34. The molecule has 1 aromatic heterocycles. The van der Waals surface area contributed by atoms with Crippen LogP contribution in [0, 0.1) is 11.7 Å². The Morgan fingerprint density at radius 2 is 2.04 bits per heavy atom. The summed E-state index contributed by atoms with van der Waals surface area (Å²) >= 11 is 0. The van der Waals surface area contributed by atoms with Gasteiger partial charge in [-0.15, -0.1) is 0 Å². The fourth-order valence-corrected chi connectivity index (χ4v) is 2.00. The van der Waals surface area contributed by atoms with E-state index >= 15 is 0 Å². The number of halogens is 1. The standard InChI is InChI=1S/C17H20FN3O2/c1-12(10-19-2)17(22)21-11-13-7-8-20-16(9-13)23-15-5-3-14(18)4-6-15/h3-9,12,19H,10-11H2,1-2H3,(H,21,22). The van der Waals surface area contributed by atoms with Crippen LogP contribution in [0.15, 0.2) is 42.6 Å². The number of nitrogens with one attached hydrogen (secondary N) is 2. The molecule has 6 heteroatoms. The van der Waals surface area contributed by atoms with Gasteiger partial charge in [-0.1, -0.05) is 6.92 Å². The number of amides is 1. The molecule has 2 N–H and O–H groups in total. The number of aromatic nitrogens is 1. The van der Waals surface area contributed by atoms with Gasteiger partial charge >= 0.3 is 0 Å². The van der Waals surface area contributed by atoms with Gasteiger partial charge in [0, 0.05) is 31.3 Å². The van der Waals surface area contributed by atoms with E-state index in [1.165, 1.54) is 24.3 Å². The van der Waals surface area contributed by atoms with Crippen molar-refractivity contribution in [3.05, 3.63) is 54.0 Å². The molecule has 0 saturated carbocycles. The quantitative estimate of drug-likeness (QED) is 0.823. The van der Waals surface area contributed by atoms with E-state index in [1.807, 2.05) is 14.0 Å². The molecule has 5 nitrogen and oxygen atoms in total. The van der Waals surface area contributed by atoms with Crippen molar-refractivity contribution in [1.82, 2.24) is 15.6 Å². The molecule has 0 bridgehead atoms. The van der Waals surface area contributed by atoms with Crippen LogP contribution in [0.25, 0.3) is 0 Å². The van der Waals surface area contributed by atoms with Crippen LogP contribution in [-0.4, -0.2) is 24.5 Å². The van der Waals surface area contributed by atoms with Crippen LogP contribution in [0.4, 0.5) is 4.39 Å². The average Bonchev–Trinajstić information content (AvgIpc) is 2.55. The van der Waals surface area contributed by atoms with E-state index in [0.717, 1.165) is 5.56 Å². The summed E-state index contributed by atoms with van der Waals surface area (Å²) in [6.45, 7) is 2.89. The number of pyridine rings is 1. The maximum atomic E-state index is 12.9. The molecule has 2 aromatic rings. The lowest BCUT2D eigenvalue weighted by Gasteiger charge is -2.12. The van der Waals surface area contributed by atoms with E-state index in [4.69, 9.17) is 4.74 Å². The van der Waals surface area contributed by atoms with E-state index in [-0.39, 0.29) is 17.6 Å². The Bertz CT molecular complexity index is 647. The minimum absolute atomic E-state index is 0.0165. The lowest BCUT2D eigenvalue weighted by Crippen LogP contribution is -2.33. The van der Waals surface area contributed by atoms with Gasteiger partial charge < -0.3 is 15.4 Å². The number of carbonyl (C=O) groups is 1. The number of hydrogen-bond acceptors (Lipinski definition) is 4. The number of benzene rings is 1. The van der Waals surface area contributed by atoms with Gasteiger partial charge in [0.1, 0.15) is 11.6 Å². The summed E-state index contributed by atoms with van der Waals surface area (Å²) in [6, 6.07) is 9.26. The molecule has 23 heavy (non-hydrogen) atoms. The van der Waals surface area contributed by atoms with Gasteiger partial charge in [-0.25, -0.2) is 9.37 Å². The second kappa shape index (κ2) is 8.24. The van der Waals surface area contributed by atoms with E-state index in [0.29, 0.717) is 24.7 Å². The summed E-state index contributed by atoms with van der Waals surface area (Å²) in [7, 11) is 1.81. The van der Waals surface area contributed by atoms with E-state index in [2.05, 4.69) is 15.6 Å². The topological polar surface area (TPSA) is 63.2 Å². The monoisotopic (exact) mass is 317 g/mol. The Kier molecular flexibility index (Phi) is 6.05. The van der Waals surface area contributed by atoms with Crippen LogP contribution in [-0.2, 0) is 11.3 Å². The van der Waals surface area contributed by atoms with Crippen LogP contribution >= 0.6 is 0 Å². The van der Waals surface area contributed by atoms with Crippen molar-refractivity contribution in [2.45, 2.75) is 13.5 Å². The first kappa shape index (κ1) is 16.9. The first-order chi connectivity index (χ1) is 11.1. The Morgan fingerprint density at radius 1 is 1.30 bits per heavy atom. The highest BCUT2D eigenvalue weighted by Gasteiger charge is 2.11.